The number of benzene rings is 1. The normalized spacial score (nSPS) is 9.07. The predicted molar refractivity (Wildman–Crippen MR) is 45.7 cm³/mol. The van der Waals surface area contributed by atoms with Crippen LogP contribution in [0, 0.1) is 11.3 Å². The third kappa shape index (κ3) is 1.93. The Morgan fingerprint density at radius 1 is 1.50 bits per heavy atom. The third-order valence-electron chi connectivity index (χ3n) is 1.50. The summed E-state index contributed by atoms with van der Waals surface area (Å²) in [6, 6.07) is 5.52. The van der Waals surface area contributed by atoms with Crippen LogP contribution < -0.4 is 0 Å². The molecule has 0 unspecified atom stereocenters. The smallest absolute Gasteiger partial charge is 0.343 e. The van der Waals surface area contributed by atoms with Crippen molar-refractivity contribution in [3.05, 3.63) is 23.8 Å². The van der Waals surface area contributed by atoms with Gasteiger partial charge in [0.1, 0.15) is 11.6 Å². The number of carbonyl (C=O) groups is 1. The van der Waals surface area contributed by atoms with Crippen LogP contribution in [-0.4, -0.2) is 22.8 Å². The highest BCUT2D eigenvalue weighted by molar-refractivity contribution is 5.93. The summed E-state index contributed by atoms with van der Waals surface area (Å²) in [4.78, 5) is 11.1. The van der Waals surface area contributed by atoms with E-state index < -0.39 is 24.1 Å². The number of aromatic hydroxyl groups is 2. The first-order valence-electron chi connectivity index (χ1n) is 3.72. The maximum Gasteiger partial charge on any atom is 0.343 e. The number of hydrogen-bond donors (Lipinski definition) is 2. The average Bonchev–Trinajstić information content (AvgIpc) is 2.18. The molecule has 0 fully saturated rings. The fourth-order valence-electron chi connectivity index (χ4n) is 0.872. The number of hydrogen-bond acceptors (Lipinski definition) is 5. The second-order valence-electron chi connectivity index (χ2n) is 2.41. The minimum Gasteiger partial charge on any atom is -0.504 e. The average molecular weight is 193 g/mol. The molecule has 1 rings (SSSR count). The highest BCUT2D eigenvalue weighted by Gasteiger charge is 2.14. The Morgan fingerprint density at radius 2 is 2.21 bits per heavy atom. The third-order valence-corrected chi connectivity index (χ3v) is 1.50. The number of phenols is 2. The Morgan fingerprint density at radius 3 is 2.86 bits per heavy atom. The van der Waals surface area contributed by atoms with E-state index in [0.29, 0.717) is 0 Å². The molecule has 0 radical (unpaired) electrons. The SMILES string of the molecule is N#CCOC(=O)c1cccc(O)c1O. The van der Waals surface area contributed by atoms with E-state index in [1.165, 1.54) is 18.2 Å². The molecule has 0 aliphatic heterocycles. The lowest BCUT2D eigenvalue weighted by Gasteiger charge is -2.03. The molecule has 0 saturated heterocycles. The van der Waals surface area contributed by atoms with Crippen LogP contribution in [0.25, 0.3) is 0 Å². The van der Waals surface area contributed by atoms with E-state index in [1.807, 2.05) is 0 Å². The van der Waals surface area contributed by atoms with Crippen LogP contribution in [0.3, 0.4) is 0 Å². The largest absolute Gasteiger partial charge is 0.504 e. The van der Waals surface area contributed by atoms with Crippen LogP contribution in [0.5, 0.6) is 11.5 Å². The fraction of sp³-hybridized carbons (Fsp3) is 0.111. The molecule has 0 saturated carbocycles. The molecule has 5 nitrogen and oxygen atoms in total. The maximum atomic E-state index is 11.1. The second kappa shape index (κ2) is 4.14. The zero-order chi connectivity index (χ0) is 10.6. The minimum absolute atomic E-state index is 0.166. The molecule has 0 spiro atoms. The van der Waals surface area contributed by atoms with E-state index in [-0.39, 0.29) is 5.56 Å². The van der Waals surface area contributed by atoms with Gasteiger partial charge in [0, 0.05) is 0 Å². The second-order valence-corrected chi connectivity index (χ2v) is 2.41. The van der Waals surface area contributed by atoms with Gasteiger partial charge >= 0.3 is 5.97 Å². The number of esters is 1. The Balaban J connectivity index is 2.91. The van der Waals surface area contributed by atoms with Crippen LogP contribution in [-0.2, 0) is 4.74 Å². The molecule has 0 aromatic heterocycles. The van der Waals surface area contributed by atoms with E-state index in [0.717, 1.165) is 0 Å². The molecule has 2 N–H and O–H groups in total. The van der Waals surface area contributed by atoms with Crippen molar-refractivity contribution in [2.75, 3.05) is 6.61 Å². The molecule has 72 valence electrons. The number of carbonyl (C=O) groups excluding carboxylic acids is 1. The van der Waals surface area contributed by atoms with Crippen molar-refractivity contribution in [3.8, 4) is 17.6 Å². The van der Waals surface area contributed by atoms with E-state index in [2.05, 4.69) is 4.74 Å². The molecule has 0 amide bonds. The van der Waals surface area contributed by atoms with Crippen molar-refractivity contribution in [2.24, 2.45) is 0 Å². The lowest BCUT2D eigenvalue weighted by Crippen LogP contribution is -2.05. The van der Waals surface area contributed by atoms with E-state index in [4.69, 9.17) is 10.4 Å². The van der Waals surface area contributed by atoms with Gasteiger partial charge in [-0.15, -0.1) is 0 Å². The van der Waals surface area contributed by atoms with Gasteiger partial charge in [-0.2, -0.15) is 5.26 Å². The molecule has 14 heavy (non-hydrogen) atoms. The van der Waals surface area contributed by atoms with Gasteiger partial charge in [0.2, 0.25) is 0 Å². The van der Waals surface area contributed by atoms with Gasteiger partial charge in [-0.3, -0.25) is 0 Å². The predicted octanol–water partition coefficient (Wildman–Crippen LogP) is 0.778. The van der Waals surface area contributed by atoms with Crippen molar-refractivity contribution in [2.45, 2.75) is 0 Å². The van der Waals surface area contributed by atoms with Crippen LogP contribution >= 0.6 is 0 Å². The molecule has 1 aromatic rings. The summed E-state index contributed by atoms with van der Waals surface area (Å²) in [6.45, 7) is -0.395. The molecule has 1 aromatic carbocycles. The Kier molecular flexibility index (Phi) is 2.92. The van der Waals surface area contributed by atoms with Gasteiger partial charge in [0.25, 0.3) is 0 Å². The number of nitrogens with zero attached hydrogens (tertiary/aromatic N) is 1. The summed E-state index contributed by atoms with van der Waals surface area (Å²) >= 11 is 0. The number of nitriles is 1. The van der Waals surface area contributed by atoms with Crippen molar-refractivity contribution < 1.29 is 19.7 Å². The number of rotatable bonds is 2. The molecule has 0 heterocycles. The van der Waals surface area contributed by atoms with E-state index in [1.54, 1.807) is 6.07 Å². The van der Waals surface area contributed by atoms with Gasteiger partial charge in [0.15, 0.2) is 18.1 Å². The lowest BCUT2D eigenvalue weighted by molar-refractivity contribution is 0.0551. The lowest BCUT2D eigenvalue weighted by atomic mass is 10.2. The van der Waals surface area contributed by atoms with E-state index >= 15 is 0 Å². The fourth-order valence-corrected chi connectivity index (χ4v) is 0.872. The van der Waals surface area contributed by atoms with Crippen molar-refractivity contribution in [3.63, 3.8) is 0 Å². The van der Waals surface area contributed by atoms with Crippen LogP contribution in [0.4, 0.5) is 0 Å². The Bertz CT molecular complexity index is 394. The van der Waals surface area contributed by atoms with Crippen LogP contribution in [0.1, 0.15) is 10.4 Å². The van der Waals surface area contributed by atoms with Crippen LogP contribution in [0.15, 0.2) is 18.2 Å². The molecule has 5 heteroatoms. The van der Waals surface area contributed by atoms with Crippen molar-refractivity contribution >= 4 is 5.97 Å². The highest BCUT2D eigenvalue weighted by atomic mass is 16.5. The minimum atomic E-state index is -0.847. The number of phenolic OH excluding ortho intramolecular Hbond substituents is 2. The molecular weight excluding hydrogens is 186 g/mol. The number of para-hydroxylation sites is 1. The van der Waals surface area contributed by atoms with Crippen LogP contribution in [0.2, 0.25) is 0 Å². The first-order chi connectivity index (χ1) is 6.66. The van der Waals surface area contributed by atoms with Gasteiger partial charge < -0.3 is 14.9 Å². The maximum absolute atomic E-state index is 11.1. The molecular formula is C9H7NO4. The monoisotopic (exact) mass is 193 g/mol. The summed E-state index contributed by atoms with van der Waals surface area (Å²) in [7, 11) is 0. The zero-order valence-corrected chi connectivity index (χ0v) is 7.10. The summed E-state index contributed by atoms with van der Waals surface area (Å²) in [5.74, 6) is -1.80. The first-order valence-corrected chi connectivity index (χ1v) is 3.72. The Labute approximate surface area is 79.8 Å². The summed E-state index contributed by atoms with van der Waals surface area (Å²) < 4.78 is 4.44. The summed E-state index contributed by atoms with van der Waals surface area (Å²) in [6.07, 6.45) is 0. The van der Waals surface area contributed by atoms with Gasteiger partial charge in [-0.05, 0) is 12.1 Å². The van der Waals surface area contributed by atoms with Gasteiger partial charge in [-0.1, -0.05) is 6.07 Å². The summed E-state index contributed by atoms with van der Waals surface area (Å²) in [5.41, 5.74) is -0.166. The van der Waals surface area contributed by atoms with E-state index in [9.17, 15) is 9.90 Å². The van der Waals surface area contributed by atoms with Crippen molar-refractivity contribution in [1.29, 1.82) is 5.26 Å². The zero-order valence-electron chi connectivity index (χ0n) is 7.10. The Hall–Kier alpha value is -2.22. The quantitative estimate of drug-likeness (QED) is 0.535. The summed E-state index contributed by atoms with van der Waals surface area (Å²) in [5, 5.41) is 26.4. The van der Waals surface area contributed by atoms with Gasteiger partial charge in [0.05, 0.1) is 0 Å². The molecule has 0 aliphatic rings. The highest BCUT2D eigenvalue weighted by Crippen LogP contribution is 2.28. The number of ether oxygens (including phenoxy) is 1. The topological polar surface area (TPSA) is 90.5 Å². The van der Waals surface area contributed by atoms with Crippen molar-refractivity contribution in [1.82, 2.24) is 0 Å². The first kappa shape index (κ1) is 9.86. The molecule has 0 aliphatic carbocycles. The molecule has 0 atom stereocenters. The standard InChI is InChI=1S/C9H7NO4/c10-4-5-14-9(13)6-2-1-3-7(11)8(6)12/h1-3,11-12H,5H2. The molecule has 0 bridgehead atoms. The van der Waals surface area contributed by atoms with Gasteiger partial charge in [-0.25, -0.2) is 4.79 Å².